The maximum atomic E-state index is 12.6. The number of nitrogens with zero attached hydrogens (tertiary/aromatic N) is 3. The van der Waals surface area contributed by atoms with E-state index in [-0.39, 0.29) is 18.7 Å². The highest BCUT2D eigenvalue weighted by atomic mass is 19.4. The first kappa shape index (κ1) is 17.2. The van der Waals surface area contributed by atoms with Gasteiger partial charge in [0.2, 0.25) is 11.8 Å². The highest BCUT2D eigenvalue weighted by Gasteiger charge is 2.42. The maximum absolute atomic E-state index is 12.6. The number of fused-ring (bicyclic) bond motifs is 1. The van der Waals surface area contributed by atoms with Gasteiger partial charge in [-0.3, -0.25) is 19.7 Å². The van der Waals surface area contributed by atoms with Gasteiger partial charge in [-0.2, -0.15) is 13.2 Å². The second kappa shape index (κ2) is 6.01. The van der Waals surface area contributed by atoms with Crippen LogP contribution in [0.5, 0.6) is 0 Å². The van der Waals surface area contributed by atoms with E-state index in [9.17, 15) is 32.9 Å². The molecule has 0 aliphatic carbocycles. The van der Waals surface area contributed by atoms with E-state index in [1.165, 1.54) is 17.0 Å². The quantitative estimate of drug-likeness (QED) is 0.611. The van der Waals surface area contributed by atoms with Crippen LogP contribution < -0.4 is 4.90 Å². The number of hydrogen-bond donors (Lipinski definition) is 0. The Kier molecular flexibility index (Phi) is 4.13. The Morgan fingerprint density at radius 1 is 1.36 bits per heavy atom. The van der Waals surface area contributed by atoms with Gasteiger partial charge in [-0.25, -0.2) is 0 Å². The minimum atomic E-state index is -4.52. The molecule has 2 aliphatic rings. The highest BCUT2D eigenvalue weighted by molar-refractivity contribution is 6.00. The van der Waals surface area contributed by atoms with Crippen LogP contribution in [0.1, 0.15) is 12.0 Å². The number of carbonyl (C=O) groups excluding carboxylic acids is 2. The standard InChI is InChI=1S/C15H14F3N3O4/c16-15(17,18)8-19-7-10(5-13(19)22)14(23)20-4-3-9-1-2-11(21(24)25)6-12(9)20/h1-2,6,10H,3-5,7-8H2. The third-order valence-corrected chi connectivity index (χ3v) is 4.38. The largest absolute Gasteiger partial charge is 0.406 e. The highest BCUT2D eigenvalue weighted by Crippen LogP contribution is 2.34. The normalized spacial score (nSPS) is 20.1. The van der Waals surface area contributed by atoms with Gasteiger partial charge in [0.15, 0.2) is 0 Å². The number of rotatable bonds is 3. The average Bonchev–Trinajstić information content (AvgIpc) is 3.08. The molecule has 2 amide bonds. The summed E-state index contributed by atoms with van der Waals surface area (Å²) in [5.74, 6) is -2.06. The van der Waals surface area contributed by atoms with Gasteiger partial charge in [0.25, 0.3) is 5.69 Å². The molecule has 2 heterocycles. The first-order chi connectivity index (χ1) is 11.7. The molecule has 3 rings (SSSR count). The number of amides is 2. The van der Waals surface area contributed by atoms with E-state index in [0.29, 0.717) is 23.6 Å². The van der Waals surface area contributed by atoms with E-state index in [2.05, 4.69) is 0 Å². The summed E-state index contributed by atoms with van der Waals surface area (Å²) in [6.07, 6.45) is -4.30. The number of non-ortho nitro benzene ring substituents is 1. The molecule has 0 aromatic heterocycles. The fourth-order valence-electron chi connectivity index (χ4n) is 3.24. The van der Waals surface area contributed by atoms with Crippen LogP contribution in [0, 0.1) is 16.0 Å². The molecule has 25 heavy (non-hydrogen) atoms. The van der Waals surface area contributed by atoms with Crippen LogP contribution >= 0.6 is 0 Å². The molecule has 0 spiro atoms. The van der Waals surface area contributed by atoms with Crippen LogP contribution in [0.25, 0.3) is 0 Å². The molecule has 1 atom stereocenters. The van der Waals surface area contributed by atoms with Crippen molar-refractivity contribution in [1.82, 2.24) is 4.90 Å². The average molecular weight is 357 g/mol. The van der Waals surface area contributed by atoms with E-state index in [4.69, 9.17) is 0 Å². The molecule has 7 nitrogen and oxygen atoms in total. The summed E-state index contributed by atoms with van der Waals surface area (Å²) in [7, 11) is 0. The van der Waals surface area contributed by atoms with Crippen molar-refractivity contribution in [3.63, 3.8) is 0 Å². The van der Waals surface area contributed by atoms with Crippen molar-refractivity contribution in [2.45, 2.75) is 19.0 Å². The summed E-state index contributed by atoms with van der Waals surface area (Å²) in [5, 5.41) is 10.9. The van der Waals surface area contributed by atoms with Gasteiger partial charge < -0.3 is 9.80 Å². The van der Waals surface area contributed by atoms with Crippen molar-refractivity contribution in [2.24, 2.45) is 5.92 Å². The molecule has 0 radical (unpaired) electrons. The van der Waals surface area contributed by atoms with Gasteiger partial charge >= 0.3 is 6.18 Å². The molecule has 0 saturated carbocycles. The van der Waals surface area contributed by atoms with Gasteiger partial charge in [0, 0.05) is 31.6 Å². The number of alkyl halides is 3. The Hall–Kier alpha value is -2.65. The molecule has 0 N–H and O–H groups in total. The number of halogens is 3. The fraction of sp³-hybridized carbons (Fsp3) is 0.467. The minimum absolute atomic E-state index is 0.167. The number of nitro groups is 1. The number of carbonyl (C=O) groups is 2. The summed E-state index contributed by atoms with van der Waals surface area (Å²) in [5.41, 5.74) is 0.982. The number of anilines is 1. The smallest absolute Gasteiger partial charge is 0.333 e. The number of hydrogen-bond acceptors (Lipinski definition) is 4. The summed E-state index contributed by atoms with van der Waals surface area (Å²) in [4.78, 5) is 36.7. The van der Waals surface area contributed by atoms with Crippen molar-refractivity contribution in [1.29, 1.82) is 0 Å². The van der Waals surface area contributed by atoms with Gasteiger partial charge in [-0.1, -0.05) is 6.07 Å². The third-order valence-electron chi connectivity index (χ3n) is 4.38. The first-order valence-electron chi connectivity index (χ1n) is 7.59. The van der Waals surface area contributed by atoms with E-state index in [1.807, 2.05) is 0 Å². The number of benzene rings is 1. The summed E-state index contributed by atoms with van der Waals surface area (Å²) < 4.78 is 37.4. The van der Waals surface area contributed by atoms with Gasteiger partial charge in [-0.15, -0.1) is 0 Å². The van der Waals surface area contributed by atoms with Gasteiger partial charge in [-0.05, 0) is 12.0 Å². The van der Waals surface area contributed by atoms with Crippen LogP contribution in [-0.4, -0.2) is 47.4 Å². The van der Waals surface area contributed by atoms with Crippen LogP contribution in [-0.2, 0) is 16.0 Å². The van der Waals surface area contributed by atoms with Crippen molar-refractivity contribution >= 4 is 23.2 Å². The van der Waals surface area contributed by atoms with Crippen LogP contribution in [0.4, 0.5) is 24.5 Å². The zero-order chi connectivity index (χ0) is 18.4. The fourth-order valence-corrected chi connectivity index (χ4v) is 3.24. The minimum Gasteiger partial charge on any atom is -0.333 e. The molecule has 10 heteroatoms. The topological polar surface area (TPSA) is 83.8 Å². The third kappa shape index (κ3) is 3.42. The van der Waals surface area contributed by atoms with E-state index in [0.717, 1.165) is 5.56 Å². The molecule has 1 aromatic carbocycles. The Balaban J connectivity index is 1.77. The molecule has 1 unspecified atom stereocenters. The summed E-state index contributed by atoms with van der Waals surface area (Å²) in [6.45, 7) is -1.38. The SMILES string of the molecule is O=C1CC(C(=O)N2CCc3ccc([N+](=O)[O-])cc32)CN1CC(F)(F)F. The van der Waals surface area contributed by atoms with Crippen LogP contribution in [0.15, 0.2) is 18.2 Å². The Labute approximate surface area is 140 Å². The van der Waals surface area contributed by atoms with Crippen LogP contribution in [0.3, 0.4) is 0 Å². The van der Waals surface area contributed by atoms with E-state index < -0.39 is 35.4 Å². The second-order valence-corrected chi connectivity index (χ2v) is 6.10. The van der Waals surface area contributed by atoms with Crippen molar-refractivity contribution in [3.8, 4) is 0 Å². The lowest BCUT2D eigenvalue weighted by atomic mass is 10.1. The van der Waals surface area contributed by atoms with Crippen molar-refractivity contribution in [3.05, 3.63) is 33.9 Å². The van der Waals surface area contributed by atoms with E-state index >= 15 is 0 Å². The molecule has 1 aromatic rings. The van der Waals surface area contributed by atoms with Crippen molar-refractivity contribution in [2.75, 3.05) is 24.5 Å². The first-order valence-corrected chi connectivity index (χ1v) is 7.59. The summed E-state index contributed by atoms with van der Waals surface area (Å²) >= 11 is 0. The molecular formula is C15H14F3N3O4. The predicted octanol–water partition coefficient (Wildman–Crippen LogP) is 1.89. The molecular weight excluding hydrogens is 343 g/mol. The predicted molar refractivity (Wildman–Crippen MR) is 79.9 cm³/mol. The zero-order valence-corrected chi connectivity index (χ0v) is 13.0. The lowest BCUT2D eigenvalue weighted by Gasteiger charge is -2.22. The molecule has 0 bridgehead atoms. The van der Waals surface area contributed by atoms with Crippen molar-refractivity contribution < 1.29 is 27.7 Å². The molecule has 1 fully saturated rings. The number of nitro benzene ring substituents is 1. The number of likely N-dealkylation sites (tertiary alicyclic amines) is 1. The van der Waals surface area contributed by atoms with E-state index in [1.54, 1.807) is 6.07 Å². The molecule has 134 valence electrons. The maximum Gasteiger partial charge on any atom is 0.406 e. The lowest BCUT2D eigenvalue weighted by Crippen LogP contribution is -2.38. The monoisotopic (exact) mass is 357 g/mol. The van der Waals surface area contributed by atoms with Crippen LogP contribution in [0.2, 0.25) is 0 Å². The summed E-state index contributed by atoms with van der Waals surface area (Å²) in [6, 6.07) is 4.19. The van der Waals surface area contributed by atoms with Gasteiger partial charge in [0.05, 0.1) is 16.5 Å². The van der Waals surface area contributed by atoms with Gasteiger partial charge in [0.1, 0.15) is 6.54 Å². The Morgan fingerprint density at radius 3 is 2.72 bits per heavy atom. The Bertz CT molecular complexity index is 750. The molecule has 2 aliphatic heterocycles. The second-order valence-electron chi connectivity index (χ2n) is 6.10. The zero-order valence-electron chi connectivity index (χ0n) is 13.0. The molecule has 1 saturated heterocycles. The Morgan fingerprint density at radius 2 is 2.08 bits per heavy atom. The lowest BCUT2D eigenvalue weighted by molar-refractivity contribution is -0.384.